The summed E-state index contributed by atoms with van der Waals surface area (Å²) in [6.07, 6.45) is 4.31. The first-order chi connectivity index (χ1) is 6.45. The van der Waals surface area contributed by atoms with Crippen molar-refractivity contribution in [2.24, 2.45) is 0 Å². The van der Waals surface area contributed by atoms with Crippen molar-refractivity contribution < 1.29 is 25.8 Å². The van der Waals surface area contributed by atoms with Crippen LogP contribution in [0.4, 0.5) is 0 Å². The van der Waals surface area contributed by atoms with Gasteiger partial charge in [-0.05, 0) is 14.1 Å². The number of hydrogen-bond donors (Lipinski definition) is 0. The molecule has 0 heterocycles. The first kappa shape index (κ1) is 14.8. The van der Waals surface area contributed by atoms with Crippen LogP contribution in [0, 0.1) is 6.08 Å². The summed E-state index contributed by atoms with van der Waals surface area (Å²) in [5.41, 5.74) is 3.80. The molecule has 0 aromatic rings. The van der Waals surface area contributed by atoms with Crippen LogP contribution >= 0.6 is 0 Å². The Morgan fingerprint density at radius 1 is 0.867 bits per heavy atom. The van der Waals surface area contributed by atoms with E-state index in [9.17, 15) is 0 Å². The third-order valence-corrected chi connectivity index (χ3v) is 2.36. The molecule has 84 valence electrons. The Labute approximate surface area is 112 Å². The Morgan fingerprint density at radius 2 is 1.40 bits per heavy atom. The molecule has 0 saturated heterocycles. The summed E-state index contributed by atoms with van der Waals surface area (Å²) in [4.78, 5) is 6.44. The fourth-order valence-electron chi connectivity index (χ4n) is 1.68. The molecule has 3 nitrogen and oxygen atoms in total. The van der Waals surface area contributed by atoms with Crippen molar-refractivity contribution >= 4 is 0 Å². The molecule has 1 rings (SSSR count). The van der Waals surface area contributed by atoms with Gasteiger partial charge in [0.15, 0.2) is 0 Å². The summed E-state index contributed by atoms with van der Waals surface area (Å²) in [6.45, 7) is 0. The second kappa shape index (κ2) is 5.73. The number of likely N-dealkylation sites (N-methyl/N-ethyl adjacent to an activating group) is 2. The Hall–Kier alpha value is -0.250. The van der Waals surface area contributed by atoms with E-state index in [0.29, 0.717) is 0 Å². The molecule has 0 amide bonds. The maximum Gasteiger partial charge on any atom is 0.00428 e. The van der Waals surface area contributed by atoms with Crippen molar-refractivity contribution in [2.45, 2.75) is 6.42 Å². The van der Waals surface area contributed by atoms with Gasteiger partial charge in [-0.25, -0.2) is 6.08 Å². The van der Waals surface area contributed by atoms with Gasteiger partial charge in [0.2, 0.25) is 0 Å². The molecule has 0 fully saturated rings. The van der Waals surface area contributed by atoms with E-state index in [1.807, 2.05) is 0 Å². The number of hydrogen-bond acceptors (Lipinski definition) is 3. The van der Waals surface area contributed by atoms with Gasteiger partial charge in [0.25, 0.3) is 0 Å². The standard InChI is InChI=1S/C11H20N3.Hf/c1-12(2)9-7-8-10(13(3)4)11(9)14(5)6;/h7H2,1-6H3;/q-1;. The summed E-state index contributed by atoms with van der Waals surface area (Å²) >= 11 is 0. The molecule has 0 atom stereocenters. The van der Waals surface area contributed by atoms with Gasteiger partial charge >= 0.3 is 0 Å². The monoisotopic (exact) mass is 374 g/mol. The predicted octanol–water partition coefficient (Wildman–Crippen LogP) is 0.971. The van der Waals surface area contributed by atoms with E-state index in [4.69, 9.17) is 0 Å². The smallest absolute Gasteiger partial charge is 0.00428 e. The van der Waals surface area contributed by atoms with Gasteiger partial charge in [0.1, 0.15) is 0 Å². The zero-order valence-corrected chi connectivity index (χ0v) is 14.1. The van der Waals surface area contributed by atoms with Crippen molar-refractivity contribution in [3.05, 3.63) is 23.2 Å². The summed E-state index contributed by atoms with van der Waals surface area (Å²) < 4.78 is 0. The van der Waals surface area contributed by atoms with Crippen LogP contribution in [-0.2, 0) is 25.8 Å². The Morgan fingerprint density at radius 3 is 1.73 bits per heavy atom. The minimum atomic E-state index is 0. The molecule has 0 aromatic heterocycles. The van der Waals surface area contributed by atoms with Gasteiger partial charge in [0.05, 0.1) is 0 Å². The van der Waals surface area contributed by atoms with Crippen molar-refractivity contribution in [2.75, 3.05) is 42.3 Å². The number of nitrogens with zero attached hydrogens (tertiary/aromatic N) is 3. The maximum atomic E-state index is 3.40. The molecule has 0 bridgehead atoms. The van der Waals surface area contributed by atoms with Crippen LogP contribution in [0.5, 0.6) is 0 Å². The molecule has 0 saturated carbocycles. The minimum absolute atomic E-state index is 0. The van der Waals surface area contributed by atoms with E-state index < -0.39 is 0 Å². The van der Waals surface area contributed by atoms with Crippen LogP contribution in [0.15, 0.2) is 17.1 Å². The van der Waals surface area contributed by atoms with Crippen LogP contribution < -0.4 is 0 Å². The average molecular weight is 373 g/mol. The third kappa shape index (κ3) is 3.10. The molecule has 0 radical (unpaired) electrons. The fraction of sp³-hybridized carbons (Fsp3) is 0.636. The number of allylic oxidation sites excluding steroid dienone is 1. The molecule has 0 aromatic carbocycles. The molecule has 15 heavy (non-hydrogen) atoms. The zero-order valence-electron chi connectivity index (χ0n) is 10.5. The average Bonchev–Trinajstić information content (AvgIpc) is 2.46. The fourth-order valence-corrected chi connectivity index (χ4v) is 1.68. The largest absolute Gasteiger partial charge is 0.450 e. The topological polar surface area (TPSA) is 9.72 Å². The van der Waals surface area contributed by atoms with Crippen LogP contribution in [0.3, 0.4) is 0 Å². The molecule has 0 spiro atoms. The van der Waals surface area contributed by atoms with Crippen molar-refractivity contribution in [1.29, 1.82) is 0 Å². The van der Waals surface area contributed by atoms with Crippen LogP contribution in [0.2, 0.25) is 0 Å². The second-order valence-electron chi connectivity index (χ2n) is 4.18. The SMILES string of the molecule is CN(C)C1=[C-]CC(N(C)C)=C1N(C)C.[Hf]. The third-order valence-electron chi connectivity index (χ3n) is 2.36. The van der Waals surface area contributed by atoms with E-state index in [1.54, 1.807) is 0 Å². The summed E-state index contributed by atoms with van der Waals surface area (Å²) in [5, 5.41) is 0. The minimum Gasteiger partial charge on any atom is -0.450 e. The first-order valence-electron chi connectivity index (χ1n) is 4.81. The van der Waals surface area contributed by atoms with Crippen LogP contribution in [0.25, 0.3) is 0 Å². The van der Waals surface area contributed by atoms with Crippen LogP contribution in [-0.4, -0.2) is 57.0 Å². The van der Waals surface area contributed by atoms with Crippen molar-refractivity contribution in [1.82, 2.24) is 14.7 Å². The van der Waals surface area contributed by atoms with Gasteiger partial charge in [-0.2, -0.15) is 0 Å². The van der Waals surface area contributed by atoms with Gasteiger partial charge in [-0.1, -0.05) is 17.8 Å². The molecule has 0 N–H and O–H groups in total. The maximum absolute atomic E-state index is 3.40. The molecular weight excluding hydrogens is 353 g/mol. The molecule has 0 aliphatic heterocycles. The summed E-state index contributed by atoms with van der Waals surface area (Å²) in [6, 6.07) is 0. The summed E-state index contributed by atoms with van der Waals surface area (Å²) in [7, 11) is 12.4. The van der Waals surface area contributed by atoms with E-state index >= 15 is 0 Å². The van der Waals surface area contributed by atoms with Gasteiger partial charge in [-0.15, -0.1) is 5.70 Å². The van der Waals surface area contributed by atoms with Gasteiger partial charge < -0.3 is 14.7 Å². The molecule has 4 heteroatoms. The van der Waals surface area contributed by atoms with Crippen LogP contribution in [0.1, 0.15) is 6.42 Å². The Bertz CT molecular complexity index is 278. The van der Waals surface area contributed by atoms with Crippen molar-refractivity contribution in [3.8, 4) is 0 Å². The van der Waals surface area contributed by atoms with Crippen molar-refractivity contribution in [3.63, 3.8) is 0 Å². The van der Waals surface area contributed by atoms with Gasteiger partial charge in [0, 0.05) is 54.0 Å². The molecule has 0 unspecified atom stereocenters. The quantitative estimate of drug-likeness (QED) is 0.540. The molecule has 1 aliphatic rings. The Kier molecular flexibility index (Phi) is 5.64. The molecular formula is C11H20HfN3-. The first-order valence-corrected chi connectivity index (χ1v) is 4.81. The van der Waals surface area contributed by atoms with E-state index in [1.165, 1.54) is 17.1 Å². The molecule has 1 aliphatic carbocycles. The number of rotatable bonds is 3. The van der Waals surface area contributed by atoms with E-state index in [-0.39, 0.29) is 25.8 Å². The van der Waals surface area contributed by atoms with Gasteiger partial charge in [-0.3, -0.25) is 0 Å². The van der Waals surface area contributed by atoms with E-state index in [0.717, 1.165) is 6.42 Å². The Balaban J connectivity index is 0.00000196. The predicted molar refractivity (Wildman–Crippen MR) is 59.5 cm³/mol. The zero-order chi connectivity index (χ0) is 10.9. The van der Waals surface area contributed by atoms with E-state index in [2.05, 4.69) is 63.1 Å². The summed E-state index contributed by atoms with van der Waals surface area (Å²) in [5.74, 6) is 0. The second-order valence-corrected chi connectivity index (χ2v) is 4.18. The normalized spacial score (nSPS) is 14.7.